The third-order valence-corrected chi connectivity index (χ3v) is 5.84. The molecular formula is C22H32O6Si. The van der Waals surface area contributed by atoms with Crippen molar-refractivity contribution in [1.29, 1.82) is 0 Å². The first-order chi connectivity index (χ1) is 13.6. The Kier molecular flexibility index (Phi) is 9.76. The Labute approximate surface area is 174 Å². The number of carbonyl (C=O) groups excluding carboxylic acids is 2. The minimum absolute atomic E-state index is 0.101. The second-order valence-corrected chi connectivity index (χ2v) is 13.5. The second kappa shape index (κ2) is 11.5. The minimum atomic E-state index is -1.34. The zero-order chi connectivity index (χ0) is 22.0. The molecular weight excluding hydrogens is 388 g/mol. The molecule has 6 nitrogen and oxygen atoms in total. The van der Waals surface area contributed by atoms with Crippen LogP contribution in [0.15, 0.2) is 12.1 Å². The summed E-state index contributed by atoms with van der Waals surface area (Å²) < 4.78 is 21.5. The van der Waals surface area contributed by atoms with Crippen LogP contribution in [0.4, 0.5) is 0 Å². The molecule has 7 heteroatoms. The maximum atomic E-state index is 12.8. The molecule has 0 spiro atoms. The van der Waals surface area contributed by atoms with Crippen molar-refractivity contribution in [2.45, 2.75) is 58.5 Å². The highest BCUT2D eigenvalue weighted by Crippen LogP contribution is 2.30. The fraction of sp³-hybridized carbons (Fsp3) is 0.545. The van der Waals surface area contributed by atoms with Crippen molar-refractivity contribution < 1.29 is 28.5 Å². The quantitative estimate of drug-likeness (QED) is 0.323. The molecule has 0 unspecified atom stereocenters. The van der Waals surface area contributed by atoms with Gasteiger partial charge in [-0.25, -0.2) is 4.79 Å². The number of benzene rings is 1. The van der Waals surface area contributed by atoms with Crippen LogP contribution >= 0.6 is 0 Å². The molecule has 0 aliphatic heterocycles. The molecule has 160 valence electrons. The lowest BCUT2D eigenvalue weighted by molar-refractivity contribution is -0.147. The number of esters is 2. The average molecular weight is 421 g/mol. The molecule has 0 bridgehead atoms. The predicted molar refractivity (Wildman–Crippen MR) is 115 cm³/mol. The highest BCUT2D eigenvalue weighted by molar-refractivity contribution is 6.76. The van der Waals surface area contributed by atoms with Gasteiger partial charge in [0, 0.05) is 20.6 Å². The van der Waals surface area contributed by atoms with Gasteiger partial charge in [-0.2, -0.15) is 0 Å². The Balaban J connectivity index is 3.08. The molecule has 29 heavy (non-hydrogen) atoms. The Morgan fingerprint density at radius 1 is 1.14 bits per heavy atom. The predicted octanol–water partition coefficient (Wildman–Crippen LogP) is 4.09. The van der Waals surface area contributed by atoms with Crippen LogP contribution in [-0.4, -0.2) is 46.9 Å². The van der Waals surface area contributed by atoms with E-state index in [9.17, 15) is 9.59 Å². The van der Waals surface area contributed by atoms with Gasteiger partial charge in [0.25, 0.3) is 0 Å². The first kappa shape index (κ1) is 24.6. The van der Waals surface area contributed by atoms with Crippen molar-refractivity contribution in [2.75, 3.05) is 20.8 Å². The largest absolute Gasteiger partial charge is 0.497 e. The van der Waals surface area contributed by atoms with Gasteiger partial charge in [-0.15, -0.1) is 5.92 Å². The Morgan fingerprint density at radius 2 is 1.83 bits per heavy atom. The third kappa shape index (κ3) is 8.61. The molecule has 0 N–H and O–H groups in total. The summed E-state index contributed by atoms with van der Waals surface area (Å²) in [7, 11) is 1.62. The molecule has 0 radical (unpaired) electrons. The molecule has 1 rings (SSSR count). The summed E-state index contributed by atoms with van der Waals surface area (Å²) in [5.41, 5.74) is 0.666. The van der Waals surface area contributed by atoms with Crippen LogP contribution < -0.4 is 9.47 Å². The summed E-state index contributed by atoms with van der Waals surface area (Å²) in [5.74, 6) is 5.46. The Morgan fingerprint density at radius 3 is 2.38 bits per heavy atom. The summed E-state index contributed by atoms with van der Waals surface area (Å²) in [6.45, 7) is 10.5. The van der Waals surface area contributed by atoms with E-state index in [-0.39, 0.29) is 18.1 Å². The van der Waals surface area contributed by atoms with Crippen molar-refractivity contribution in [2.24, 2.45) is 0 Å². The fourth-order valence-electron chi connectivity index (χ4n) is 2.53. The summed E-state index contributed by atoms with van der Waals surface area (Å²) in [6.07, 6.45) is 0.0140. The molecule has 0 saturated heterocycles. The van der Waals surface area contributed by atoms with E-state index < -0.39 is 20.0 Å². The van der Waals surface area contributed by atoms with Crippen LogP contribution in [0.2, 0.25) is 25.7 Å². The number of rotatable bonds is 10. The second-order valence-electron chi connectivity index (χ2n) is 7.92. The van der Waals surface area contributed by atoms with Gasteiger partial charge in [-0.3, -0.25) is 4.79 Å². The lowest BCUT2D eigenvalue weighted by atomic mass is 10.0. The first-order valence-corrected chi connectivity index (χ1v) is 13.3. The standard InChI is InChI=1S/C22H32O6Si/c1-8-9-10-16(2)28-20(23)14-17-13-18(25-3)15-19(26-4)21(17)22(24)27-11-12-29(5,6)7/h13,15-16H,10-12,14H2,1-7H3/t16-/m0/s1. The van der Waals surface area contributed by atoms with Gasteiger partial charge in [-0.05, 0) is 31.5 Å². The highest BCUT2D eigenvalue weighted by atomic mass is 28.3. The summed E-state index contributed by atoms with van der Waals surface area (Å²) >= 11 is 0. The zero-order valence-corrected chi connectivity index (χ0v) is 19.5. The van der Waals surface area contributed by atoms with Gasteiger partial charge in [-0.1, -0.05) is 25.6 Å². The maximum absolute atomic E-state index is 12.8. The number of hydrogen-bond acceptors (Lipinski definition) is 6. The SMILES string of the molecule is CC#CC[C@H](C)OC(=O)Cc1cc(OC)cc(OC)c1C(=O)OCC[Si](C)(C)C. The first-order valence-electron chi connectivity index (χ1n) is 9.62. The van der Waals surface area contributed by atoms with Crippen molar-refractivity contribution in [3.63, 3.8) is 0 Å². The number of hydrogen-bond donors (Lipinski definition) is 0. The average Bonchev–Trinajstić information content (AvgIpc) is 2.64. The summed E-state index contributed by atoms with van der Waals surface area (Å²) in [6, 6.07) is 4.09. The van der Waals surface area contributed by atoms with Crippen molar-refractivity contribution >= 4 is 20.0 Å². The lowest BCUT2D eigenvalue weighted by Gasteiger charge is -2.18. The molecule has 0 heterocycles. The summed E-state index contributed by atoms with van der Waals surface area (Å²) in [4.78, 5) is 25.2. The number of methoxy groups -OCH3 is 2. The van der Waals surface area contributed by atoms with Crippen LogP contribution in [0.25, 0.3) is 0 Å². The Hall–Kier alpha value is -2.46. The van der Waals surface area contributed by atoms with Crippen LogP contribution in [0.3, 0.4) is 0 Å². The van der Waals surface area contributed by atoms with Crippen LogP contribution in [-0.2, 0) is 20.7 Å². The van der Waals surface area contributed by atoms with E-state index in [4.69, 9.17) is 18.9 Å². The zero-order valence-electron chi connectivity index (χ0n) is 18.5. The van der Waals surface area contributed by atoms with Gasteiger partial charge < -0.3 is 18.9 Å². The van der Waals surface area contributed by atoms with Crippen LogP contribution in [0.1, 0.15) is 36.2 Å². The molecule has 1 aromatic rings. The van der Waals surface area contributed by atoms with Crippen molar-refractivity contribution in [3.8, 4) is 23.3 Å². The molecule has 1 atom stereocenters. The molecule has 0 aromatic heterocycles. The highest BCUT2D eigenvalue weighted by Gasteiger charge is 2.24. The number of ether oxygens (including phenoxy) is 4. The molecule has 0 aliphatic carbocycles. The van der Waals surface area contributed by atoms with Gasteiger partial charge in [0.15, 0.2) is 0 Å². The van der Waals surface area contributed by atoms with E-state index in [0.29, 0.717) is 30.1 Å². The van der Waals surface area contributed by atoms with E-state index in [2.05, 4.69) is 31.5 Å². The fourth-order valence-corrected chi connectivity index (χ4v) is 3.24. The monoisotopic (exact) mass is 420 g/mol. The smallest absolute Gasteiger partial charge is 0.342 e. The van der Waals surface area contributed by atoms with E-state index in [1.807, 2.05) is 0 Å². The molecule has 0 fully saturated rings. The summed E-state index contributed by atoms with van der Waals surface area (Å²) in [5, 5.41) is 0. The topological polar surface area (TPSA) is 71.1 Å². The van der Waals surface area contributed by atoms with Gasteiger partial charge in [0.2, 0.25) is 0 Å². The van der Waals surface area contributed by atoms with Crippen LogP contribution in [0, 0.1) is 11.8 Å². The van der Waals surface area contributed by atoms with E-state index in [1.54, 1.807) is 26.0 Å². The lowest BCUT2D eigenvalue weighted by Crippen LogP contribution is -2.23. The molecule has 1 aromatic carbocycles. The van der Waals surface area contributed by atoms with Gasteiger partial charge in [0.05, 0.1) is 27.2 Å². The molecule has 0 saturated carbocycles. The van der Waals surface area contributed by atoms with E-state index in [1.165, 1.54) is 14.2 Å². The van der Waals surface area contributed by atoms with E-state index in [0.717, 1.165) is 6.04 Å². The van der Waals surface area contributed by atoms with E-state index >= 15 is 0 Å². The van der Waals surface area contributed by atoms with Crippen molar-refractivity contribution in [1.82, 2.24) is 0 Å². The van der Waals surface area contributed by atoms with Crippen molar-refractivity contribution in [3.05, 3.63) is 23.3 Å². The van der Waals surface area contributed by atoms with Gasteiger partial charge in [0.1, 0.15) is 23.2 Å². The maximum Gasteiger partial charge on any atom is 0.342 e. The Bertz CT molecular complexity index is 770. The van der Waals surface area contributed by atoms with Crippen LogP contribution in [0.5, 0.6) is 11.5 Å². The molecule has 0 amide bonds. The molecule has 0 aliphatic rings. The van der Waals surface area contributed by atoms with Gasteiger partial charge >= 0.3 is 11.9 Å². The normalized spacial score (nSPS) is 11.7. The number of carbonyl (C=O) groups is 2. The minimum Gasteiger partial charge on any atom is -0.497 e. The third-order valence-electron chi connectivity index (χ3n) is 4.14.